The zero-order valence-electron chi connectivity index (χ0n) is 18.8. The first kappa shape index (κ1) is 23.7. The number of nitrogens with zero attached hydrogens (tertiary/aromatic N) is 4. The summed E-state index contributed by atoms with van der Waals surface area (Å²) < 4.78 is 23.7. The van der Waals surface area contributed by atoms with Crippen LogP contribution in [0.25, 0.3) is 0 Å². The van der Waals surface area contributed by atoms with Crippen LogP contribution in [0.4, 0.5) is 11.4 Å². The molecule has 2 amide bonds. The summed E-state index contributed by atoms with van der Waals surface area (Å²) in [5.41, 5.74) is 2.22. The maximum atomic E-state index is 13.5. The minimum atomic E-state index is -3.32. The lowest BCUT2D eigenvalue weighted by Crippen LogP contribution is -2.55. The van der Waals surface area contributed by atoms with Crippen molar-refractivity contribution in [3.05, 3.63) is 69.8 Å². The molecule has 180 valence electrons. The molecule has 0 bridgehead atoms. The monoisotopic (exact) mass is 486 g/mol. The van der Waals surface area contributed by atoms with Crippen molar-refractivity contribution < 1.29 is 22.9 Å². The number of carbonyl (C=O) groups excluding carboxylic acids is 2. The standard InChI is InChI=1S/C23H26N4O6S/c1-34(32,33)15-10-21(26-16-17-4-2-3-5-20(17)22(26)28)23(29)25-13-11-24(12-14-25)18-6-8-19(9-7-18)27(30)31/h2-9,21H,10-16H2,1H3/t21-/m0/s1. The Morgan fingerprint density at radius 3 is 2.29 bits per heavy atom. The van der Waals surface area contributed by atoms with Gasteiger partial charge in [-0.2, -0.15) is 0 Å². The number of nitro benzene ring substituents is 1. The van der Waals surface area contributed by atoms with Gasteiger partial charge in [-0.15, -0.1) is 0 Å². The van der Waals surface area contributed by atoms with E-state index in [-0.39, 0.29) is 36.2 Å². The number of nitro groups is 1. The number of carbonyl (C=O) groups is 2. The van der Waals surface area contributed by atoms with Gasteiger partial charge in [0.05, 0.1) is 10.7 Å². The van der Waals surface area contributed by atoms with Gasteiger partial charge in [0.15, 0.2) is 0 Å². The average Bonchev–Trinajstić information content (AvgIpc) is 3.15. The number of fused-ring (bicyclic) bond motifs is 1. The second-order valence-corrected chi connectivity index (χ2v) is 10.9. The molecule has 2 aliphatic rings. The molecular formula is C23H26N4O6S. The van der Waals surface area contributed by atoms with Crippen LogP contribution in [-0.4, -0.2) is 79.2 Å². The first-order chi connectivity index (χ1) is 16.1. The number of hydrogen-bond acceptors (Lipinski definition) is 7. The van der Waals surface area contributed by atoms with Gasteiger partial charge in [-0.3, -0.25) is 19.7 Å². The van der Waals surface area contributed by atoms with Crippen LogP contribution in [0.3, 0.4) is 0 Å². The maximum absolute atomic E-state index is 13.5. The van der Waals surface area contributed by atoms with Crippen LogP contribution >= 0.6 is 0 Å². The van der Waals surface area contributed by atoms with Gasteiger partial charge in [0.2, 0.25) is 5.91 Å². The normalized spacial score (nSPS) is 17.0. The maximum Gasteiger partial charge on any atom is 0.269 e. The minimum Gasteiger partial charge on any atom is -0.368 e. The van der Waals surface area contributed by atoms with Crippen molar-refractivity contribution in [2.75, 3.05) is 43.1 Å². The number of anilines is 1. The molecule has 0 radical (unpaired) electrons. The predicted octanol–water partition coefficient (Wildman–Crippen LogP) is 1.70. The van der Waals surface area contributed by atoms with E-state index in [2.05, 4.69) is 0 Å². The lowest BCUT2D eigenvalue weighted by molar-refractivity contribution is -0.384. The van der Waals surface area contributed by atoms with E-state index >= 15 is 0 Å². The van der Waals surface area contributed by atoms with Crippen LogP contribution < -0.4 is 4.90 Å². The fourth-order valence-corrected chi connectivity index (χ4v) is 5.10. The summed E-state index contributed by atoms with van der Waals surface area (Å²) in [5.74, 6) is -0.702. The van der Waals surface area contributed by atoms with Crippen molar-refractivity contribution in [2.45, 2.75) is 19.0 Å². The molecule has 2 heterocycles. The highest BCUT2D eigenvalue weighted by molar-refractivity contribution is 7.90. The molecule has 0 N–H and O–H groups in total. The van der Waals surface area contributed by atoms with Gasteiger partial charge in [-0.05, 0) is 30.2 Å². The fraction of sp³-hybridized carbons (Fsp3) is 0.391. The van der Waals surface area contributed by atoms with Crippen molar-refractivity contribution in [3.8, 4) is 0 Å². The van der Waals surface area contributed by atoms with Crippen LogP contribution in [0.15, 0.2) is 48.5 Å². The van der Waals surface area contributed by atoms with Crippen molar-refractivity contribution in [1.82, 2.24) is 9.80 Å². The van der Waals surface area contributed by atoms with Gasteiger partial charge in [0, 0.05) is 62.4 Å². The lowest BCUT2D eigenvalue weighted by Gasteiger charge is -2.39. The van der Waals surface area contributed by atoms with E-state index in [4.69, 9.17) is 0 Å². The summed E-state index contributed by atoms with van der Waals surface area (Å²) in [5, 5.41) is 10.9. The Kier molecular flexibility index (Phi) is 6.56. The molecule has 34 heavy (non-hydrogen) atoms. The highest BCUT2D eigenvalue weighted by Gasteiger charge is 2.39. The van der Waals surface area contributed by atoms with Crippen molar-refractivity contribution in [1.29, 1.82) is 0 Å². The summed E-state index contributed by atoms with van der Waals surface area (Å²) in [6.45, 7) is 2.13. The van der Waals surface area contributed by atoms with Crippen LogP contribution in [0, 0.1) is 10.1 Å². The third kappa shape index (κ3) is 5.04. The van der Waals surface area contributed by atoms with Gasteiger partial charge in [0.25, 0.3) is 11.6 Å². The molecule has 1 fully saturated rings. The van der Waals surface area contributed by atoms with Crippen LogP contribution in [0.1, 0.15) is 22.3 Å². The summed E-state index contributed by atoms with van der Waals surface area (Å²) in [6, 6.07) is 12.6. The fourth-order valence-electron chi connectivity index (χ4n) is 4.45. The van der Waals surface area contributed by atoms with E-state index in [1.807, 2.05) is 17.0 Å². The van der Waals surface area contributed by atoms with Crippen LogP contribution in [0.5, 0.6) is 0 Å². The number of piperazine rings is 1. The van der Waals surface area contributed by atoms with Crippen molar-refractivity contribution in [3.63, 3.8) is 0 Å². The summed E-state index contributed by atoms with van der Waals surface area (Å²) in [4.78, 5) is 42.1. The number of rotatable bonds is 7. The molecule has 0 aromatic heterocycles. The molecule has 2 aromatic rings. The van der Waals surface area contributed by atoms with E-state index in [0.717, 1.165) is 17.5 Å². The molecule has 4 rings (SSSR count). The van der Waals surface area contributed by atoms with Gasteiger partial charge >= 0.3 is 0 Å². The SMILES string of the molecule is CS(=O)(=O)CC[C@@H](C(=O)N1CCN(c2ccc([N+](=O)[O-])cc2)CC1)N1Cc2ccccc2C1=O. The van der Waals surface area contributed by atoms with E-state index in [0.29, 0.717) is 31.7 Å². The summed E-state index contributed by atoms with van der Waals surface area (Å²) >= 11 is 0. The first-order valence-corrected chi connectivity index (χ1v) is 13.0. The Bertz CT molecular complexity index is 1210. The van der Waals surface area contributed by atoms with Crippen LogP contribution in [-0.2, 0) is 21.2 Å². The molecule has 2 aromatic carbocycles. The molecule has 1 saturated heterocycles. The number of benzene rings is 2. The second kappa shape index (κ2) is 9.41. The van der Waals surface area contributed by atoms with E-state index in [9.17, 15) is 28.1 Å². The molecule has 0 unspecified atom stereocenters. The van der Waals surface area contributed by atoms with E-state index < -0.39 is 20.8 Å². The molecule has 10 nitrogen and oxygen atoms in total. The topological polar surface area (TPSA) is 121 Å². The van der Waals surface area contributed by atoms with Gasteiger partial charge in [0.1, 0.15) is 15.9 Å². The summed E-state index contributed by atoms with van der Waals surface area (Å²) in [6.07, 6.45) is 1.16. The number of sulfone groups is 1. The number of non-ortho nitro benzene ring substituents is 1. The number of amides is 2. The highest BCUT2D eigenvalue weighted by atomic mass is 32.2. The molecule has 1 atom stereocenters. The van der Waals surface area contributed by atoms with Crippen molar-refractivity contribution in [2.24, 2.45) is 0 Å². The average molecular weight is 487 g/mol. The predicted molar refractivity (Wildman–Crippen MR) is 126 cm³/mol. The Hall–Kier alpha value is -3.47. The molecule has 0 aliphatic carbocycles. The Balaban J connectivity index is 1.46. The number of hydrogen-bond donors (Lipinski definition) is 0. The Labute approximate surface area is 197 Å². The zero-order valence-corrected chi connectivity index (χ0v) is 19.6. The third-order valence-electron chi connectivity index (χ3n) is 6.29. The zero-order chi connectivity index (χ0) is 24.5. The molecule has 0 saturated carbocycles. The van der Waals surface area contributed by atoms with E-state index in [1.54, 1.807) is 29.2 Å². The summed E-state index contributed by atoms with van der Waals surface area (Å²) in [7, 11) is -3.32. The highest BCUT2D eigenvalue weighted by Crippen LogP contribution is 2.27. The first-order valence-electron chi connectivity index (χ1n) is 11.0. The Morgan fingerprint density at radius 2 is 1.71 bits per heavy atom. The van der Waals surface area contributed by atoms with E-state index in [1.165, 1.54) is 17.0 Å². The largest absolute Gasteiger partial charge is 0.368 e. The third-order valence-corrected chi connectivity index (χ3v) is 7.27. The smallest absolute Gasteiger partial charge is 0.269 e. The van der Waals surface area contributed by atoms with Crippen molar-refractivity contribution >= 4 is 33.0 Å². The molecular weight excluding hydrogens is 460 g/mol. The Morgan fingerprint density at radius 1 is 1.06 bits per heavy atom. The van der Waals surface area contributed by atoms with Gasteiger partial charge in [-0.1, -0.05) is 18.2 Å². The molecule has 2 aliphatic heterocycles. The van der Waals surface area contributed by atoms with Gasteiger partial charge in [-0.25, -0.2) is 8.42 Å². The molecule has 0 spiro atoms. The minimum absolute atomic E-state index is 0.0163. The molecule has 11 heteroatoms. The lowest BCUT2D eigenvalue weighted by atomic mass is 10.1. The quantitative estimate of drug-likeness (QED) is 0.431. The van der Waals surface area contributed by atoms with Crippen LogP contribution in [0.2, 0.25) is 0 Å². The van der Waals surface area contributed by atoms with Gasteiger partial charge < -0.3 is 14.7 Å². The second-order valence-electron chi connectivity index (χ2n) is 8.61.